The molecule has 0 atom stereocenters. The molecule has 6 heteroatoms. The number of rotatable bonds is 3. The molecule has 6 nitrogen and oxygen atoms in total. The maximum absolute atomic E-state index is 12.6. The molecule has 0 aromatic carbocycles. The molecule has 3 heterocycles. The Balaban J connectivity index is 0.00000118. The van der Waals surface area contributed by atoms with Crippen LogP contribution in [-0.2, 0) is 20.7 Å². The molecule has 1 aromatic rings. The molecule has 2 aliphatic heterocycles. The molecule has 1 fully saturated rings. The Kier molecular flexibility index (Phi) is 6.91. The number of ether oxygens (including phenoxy) is 1. The minimum atomic E-state index is -0.365. The summed E-state index contributed by atoms with van der Waals surface area (Å²) in [5.74, 6) is 0.360. The quantitative estimate of drug-likeness (QED) is 0.661. The summed E-state index contributed by atoms with van der Waals surface area (Å²) >= 11 is 0. The molecule has 0 aliphatic carbocycles. The van der Waals surface area contributed by atoms with E-state index in [1.807, 2.05) is 19.9 Å². The number of aromatic nitrogens is 1. The molecule has 3 rings (SSSR count). The van der Waals surface area contributed by atoms with Gasteiger partial charge in [0.2, 0.25) is 5.91 Å². The SMILES string of the molecule is CC.CCOC(=O)/C=C/c1cnc2c(c1)CC1(CCN(C)CC1)C(=O)N2.[HH]. The summed E-state index contributed by atoms with van der Waals surface area (Å²) in [6, 6.07) is 2.00. The Morgan fingerprint density at radius 3 is 2.77 bits per heavy atom. The number of likely N-dealkylation sites (tertiary alicyclic amines) is 1. The number of hydrogen-bond acceptors (Lipinski definition) is 5. The third-order valence-corrected chi connectivity index (χ3v) is 4.87. The van der Waals surface area contributed by atoms with Crippen molar-refractivity contribution in [1.82, 2.24) is 9.88 Å². The molecule has 1 amide bonds. The van der Waals surface area contributed by atoms with E-state index in [4.69, 9.17) is 4.74 Å². The highest BCUT2D eigenvalue weighted by atomic mass is 16.5. The van der Waals surface area contributed by atoms with Crippen LogP contribution in [0.25, 0.3) is 6.08 Å². The molecule has 0 saturated carbocycles. The van der Waals surface area contributed by atoms with Crippen molar-refractivity contribution in [2.24, 2.45) is 5.41 Å². The lowest BCUT2D eigenvalue weighted by molar-refractivity contribution is -0.137. The number of nitrogens with zero attached hydrogens (tertiary/aromatic N) is 2. The van der Waals surface area contributed by atoms with Gasteiger partial charge in [0.15, 0.2) is 0 Å². The first-order valence-corrected chi connectivity index (χ1v) is 9.36. The van der Waals surface area contributed by atoms with Crippen molar-refractivity contribution in [1.29, 1.82) is 0 Å². The lowest BCUT2D eigenvalue weighted by atomic mass is 9.71. The summed E-state index contributed by atoms with van der Waals surface area (Å²) in [5, 5.41) is 2.96. The minimum absolute atomic E-state index is 0. The van der Waals surface area contributed by atoms with Crippen molar-refractivity contribution < 1.29 is 15.8 Å². The van der Waals surface area contributed by atoms with Crippen LogP contribution in [-0.4, -0.2) is 48.5 Å². The Morgan fingerprint density at radius 2 is 2.12 bits per heavy atom. The normalized spacial score (nSPS) is 18.7. The van der Waals surface area contributed by atoms with Crippen molar-refractivity contribution in [3.05, 3.63) is 29.5 Å². The highest BCUT2D eigenvalue weighted by molar-refractivity contribution is 5.97. The van der Waals surface area contributed by atoms with Crippen LogP contribution >= 0.6 is 0 Å². The second kappa shape index (κ2) is 8.94. The van der Waals surface area contributed by atoms with Crippen LogP contribution in [0.3, 0.4) is 0 Å². The van der Waals surface area contributed by atoms with E-state index >= 15 is 0 Å². The first kappa shape index (κ1) is 20.1. The van der Waals surface area contributed by atoms with E-state index in [0.717, 1.165) is 37.1 Å². The second-order valence-electron chi connectivity index (χ2n) is 6.58. The lowest BCUT2D eigenvalue weighted by Gasteiger charge is -2.42. The number of esters is 1. The van der Waals surface area contributed by atoms with Gasteiger partial charge in [-0.05, 0) is 69.6 Å². The number of piperidine rings is 1. The molecule has 0 bridgehead atoms. The number of amides is 1. The molecule has 1 aromatic heterocycles. The average Bonchev–Trinajstić information content (AvgIpc) is 2.65. The van der Waals surface area contributed by atoms with Gasteiger partial charge >= 0.3 is 5.97 Å². The fourth-order valence-corrected chi connectivity index (χ4v) is 3.36. The van der Waals surface area contributed by atoms with Crippen molar-refractivity contribution in [3.63, 3.8) is 0 Å². The fourth-order valence-electron chi connectivity index (χ4n) is 3.36. The summed E-state index contributed by atoms with van der Waals surface area (Å²) in [6.45, 7) is 7.99. The van der Waals surface area contributed by atoms with Crippen LogP contribution in [0.15, 0.2) is 18.3 Å². The van der Waals surface area contributed by atoms with E-state index in [9.17, 15) is 9.59 Å². The molecule has 1 N–H and O–H groups in total. The lowest BCUT2D eigenvalue weighted by Crippen LogP contribution is -2.49. The van der Waals surface area contributed by atoms with Crippen molar-refractivity contribution in [2.45, 2.75) is 40.0 Å². The highest BCUT2D eigenvalue weighted by Gasteiger charge is 2.44. The number of fused-ring (bicyclic) bond motifs is 1. The molecule has 1 spiro atoms. The van der Waals surface area contributed by atoms with Gasteiger partial charge in [-0.25, -0.2) is 9.78 Å². The Hall–Kier alpha value is -2.21. The first-order chi connectivity index (χ1) is 12.5. The number of hydrogen-bond donors (Lipinski definition) is 1. The molecular formula is C20H31N3O3. The van der Waals surface area contributed by atoms with Gasteiger partial charge in [-0.1, -0.05) is 13.8 Å². The van der Waals surface area contributed by atoms with Gasteiger partial charge in [0, 0.05) is 13.7 Å². The number of nitrogens with one attached hydrogen (secondary N) is 1. The predicted octanol–water partition coefficient (Wildman–Crippen LogP) is 3.14. The van der Waals surface area contributed by atoms with E-state index < -0.39 is 0 Å². The number of anilines is 1. The van der Waals surface area contributed by atoms with E-state index in [0.29, 0.717) is 18.8 Å². The third kappa shape index (κ3) is 4.49. The largest absolute Gasteiger partial charge is 0.463 e. The van der Waals surface area contributed by atoms with E-state index in [-0.39, 0.29) is 18.7 Å². The molecule has 144 valence electrons. The number of carbonyl (C=O) groups is 2. The monoisotopic (exact) mass is 361 g/mol. The van der Waals surface area contributed by atoms with Gasteiger partial charge in [0.25, 0.3) is 0 Å². The van der Waals surface area contributed by atoms with Crippen molar-refractivity contribution in [2.75, 3.05) is 32.1 Å². The third-order valence-electron chi connectivity index (χ3n) is 4.87. The fraction of sp³-hybridized carbons (Fsp3) is 0.550. The van der Waals surface area contributed by atoms with E-state index in [1.54, 1.807) is 19.2 Å². The van der Waals surface area contributed by atoms with Crippen LogP contribution in [0.1, 0.15) is 46.2 Å². The standard InChI is InChI=1S/C18H23N3O3.C2H6.H2/c1-3-24-15(22)5-4-13-10-14-11-18(6-8-21(2)9-7-18)17(23)20-16(14)19-12-13;1-2;/h4-5,10,12H,3,6-9,11H2,1-2H3,(H,19,20,23);1-2H3;1H/b5-4+;;. The average molecular weight is 361 g/mol. The minimum Gasteiger partial charge on any atom is -0.463 e. The topological polar surface area (TPSA) is 71.5 Å². The van der Waals surface area contributed by atoms with Crippen LogP contribution < -0.4 is 5.32 Å². The zero-order valence-electron chi connectivity index (χ0n) is 16.2. The Morgan fingerprint density at radius 1 is 1.42 bits per heavy atom. The first-order valence-electron chi connectivity index (χ1n) is 9.36. The Bertz CT molecular complexity index is 683. The van der Waals surface area contributed by atoms with Crippen molar-refractivity contribution >= 4 is 23.8 Å². The van der Waals surface area contributed by atoms with Gasteiger partial charge in [-0.15, -0.1) is 0 Å². The summed E-state index contributed by atoms with van der Waals surface area (Å²) < 4.78 is 4.88. The zero-order chi connectivity index (χ0) is 19.2. The van der Waals surface area contributed by atoms with Crippen LogP contribution in [0.4, 0.5) is 5.82 Å². The van der Waals surface area contributed by atoms with Crippen molar-refractivity contribution in [3.8, 4) is 0 Å². The van der Waals surface area contributed by atoms with Gasteiger partial charge in [0.1, 0.15) is 5.82 Å². The molecule has 1 saturated heterocycles. The zero-order valence-corrected chi connectivity index (χ0v) is 16.2. The number of pyridine rings is 1. The molecule has 0 radical (unpaired) electrons. The summed E-state index contributed by atoms with van der Waals surface area (Å²) in [7, 11) is 2.08. The number of carbonyl (C=O) groups excluding carboxylic acids is 2. The molecule has 26 heavy (non-hydrogen) atoms. The van der Waals surface area contributed by atoms with Crippen LogP contribution in [0.5, 0.6) is 0 Å². The molecule has 0 unspecified atom stereocenters. The van der Waals surface area contributed by atoms with Gasteiger partial charge < -0.3 is 15.0 Å². The van der Waals surface area contributed by atoms with Gasteiger partial charge in [-0.2, -0.15) is 0 Å². The summed E-state index contributed by atoms with van der Waals surface area (Å²) in [4.78, 5) is 30.6. The van der Waals surface area contributed by atoms with E-state index in [2.05, 4.69) is 22.2 Å². The maximum Gasteiger partial charge on any atom is 0.330 e. The highest BCUT2D eigenvalue weighted by Crippen LogP contribution is 2.40. The van der Waals surface area contributed by atoms with Gasteiger partial charge in [-0.3, -0.25) is 4.79 Å². The second-order valence-corrected chi connectivity index (χ2v) is 6.58. The van der Waals surface area contributed by atoms with Crippen LogP contribution in [0, 0.1) is 5.41 Å². The smallest absolute Gasteiger partial charge is 0.330 e. The molecular weight excluding hydrogens is 330 g/mol. The predicted molar refractivity (Wildman–Crippen MR) is 105 cm³/mol. The Labute approximate surface area is 157 Å². The van der Waals surface area contributed by atoms with Crippen LogP contribution in [0.2, 0.25) is 0 Å². The van der Waals surface area contributed by atoms with Gasteiger partial charge in [0.05, 0.1) is 12.0 Å². The summed E-state index contributed by atoms with van der Waals surface area (Å²) in [6.07, 6.45) is 7.18. The van der Waals surface area contributed by atoms with E-state index in [1.165, 1.54) is 6.08 Å². The molecule has 2 aliphatic rings. The maximum atomic E-state index is 12.6. The summed E-state index contributed by atoms with van der Waals surface area (Å²) in [5.41, 5.74) is 1.54.